The Bertz CT molecular complexity index is 1550. The zero-order valence-electron chi connectivity index (χ0n) is 22.2. The molecule has 0 radical (unpaired) electrons. The van der Waals surface area contributed by atoms with Crippen molar-refractivity contribution in [2.45, 2.75) is 44.2 Å². The van der Waals surface area contributed by atoms with Gasteiger partial charge >= 0.3 is 21.6 Å². The lowest BCUT2D eigenvalue weighted by Gasteiger charge is -2.29. The molecule has 0 fully saturated rings. The lowest BCUT2D eigenvalue weighted by molar-refractivity contribution is -0.147. The molecule has 0 bridgehead atoms. The second-order valence-electron chi connectivity index (χ2n) is 9.10. The quantitative estimate of drug-likeness (QED) is 0.148. The number of carbonyl (C=O) groups is 1. The highest BCUT2D eigenvalue weighted by Crippen LogP contribution is 2.38. The second-order valence-corrected chi connectivity index (χ2v) is 12.6. The van der Waals surface area contributed by atoms with Crippen LogP contribution in [0.15, 0.2) is 78.9 Å². The molecule has 1 atom stereocenters. The SMILES string of the molecule is CC(C)OC(=O)CN(C(C)c1cc(Oc2ccccc2)ccc1OS(=O)(=O)C(F)(F)F)S(=O)(=O)Cc1ccccc1. The second kappa shape index (κ2) is 12.9. The molecule has 0 N–H and O–H groups in total. The van der Waals surface area contributed by atoms with Crippen LogP contribution in [0.25, 0.3) is 0 Å². The zero-order chi connectivity index (χ0) is 30.4. The molecule has 0 saturated heterocycles. The molecule has 0 amide bonds. The van der Waals surface area contributed by atoms with Crippen LogP contribution in [0.4, 0.5) is 13.2 Å². The molecule has 0 heterocycles. The fourth-order valence-electron chi connectivity index (χ4n) is 3.71. The van der Waals surface area contributed by atoms with E-state index < -0.39 is 61.8 Å². The predicted molar refractivity (Wildman–Crippen MR) is 144 cm³/mol. The van der Waals surface area contributed by atoms with E-state index in [1.165, 1.54) is 13.0 Å². The molecule has 3 aromatic carbocycles. The minimum atomic E-state index is -6.13. The standard InChI is InChI=1S/C27H28F3NO8S2/c1-19(2)37-26(32)17-31(40(33,34)18-21-10-6-4-7-11-21)20(3)24-16-23(38-22-12-8-5-9-13-22)14-15-25(24)39-41(35,36)27(28,29)30/h4-16,19-20H,17-18H2,1-3H3. The van der Waals surface area contributed by atoms with E-state index in [1.54, 1.807) is 74.5 Å². The van der Waals surface area contributed by atoms with Crippen LogP contribution in [0.3, 0.4) is 0 Å². The number of ether oxygens (including phenoxy) is 2. The number of hydrogen-bond donors (Lipinski definition) is 0. The molecular weight excluding hydrogens is 587 g/mol. The Kier molecular flexibility index (Phi) is 10.0. The molecule has 14 heteroatoms. The van der Waals surface area contributed by atoms with Crippen LogP contribution in [-0.4, -0.2) is 45.3 Å². The largest absolute Gasteiger partial charge is 0.534 e. The summed E-state index contributed by atoms with van der Waals surface area (Å²) >= 11 is 0. The van der Waals surface area contributed by atoms with E-state index in [9.17, 15) is 34.8 Å². The number of carbonyl (C=O) groups excluding carboxylic acids is 1. The topological polar surface area (TPSA) is 116 Å². The summed E-state index contributed by atoms with van der Waals surface area (Å²) in [5, 5.41) is 0. The summed E-state index contributed by atoms with van der Waals surface area (Å²) in [6, 6.07) is 18.1. The molecular formula is C27H28F3NO8S2. The van der Waals surface area contributed by atoms with Gasteiger partial charge in [-0.05, 0) is 56.7 Å². The van der Waals surface area contributed by atoms with Gasteiger partial charge in [-0.3, -0.25) is 4.79 Å². The van der Waals surface area contributed by atoms with E-state index in [2.05, 4.69) is 4.18 Å². The summed E-state index contributed by atoms with van der Waals surface area (Å²) in [7, 11) is -10.5. The Morgan fingerprint density at radius 3 is 2.00 bits per heavy atom. The molecule has 3 rings (SSSR count). The number of para-hydroxylation sites is 1. The van der Waals surface area contributed by atoms with Crippen LogP contribution in [0.5, 0.6) is 17.2 Å². The van der Waals surface area contributed by atoms with Gasteiger partial charge in [0.1, 0.15) is 23.8 Å². The first-order valence-electron chi connectivity index (χ1n) is 12.2. The summed E-state index contributed by atoms with van der Waals surface area (Å²) in [5.74, 6) is -1.90. The van der Waals surface area contributed by atoms with E-state index in [-0.39, 0.29) is 11.3 Å². The van der Waals surface area contributed by atoms with Gasteiger partial charge in [0.2, 0.25) is 10.0 Å². The van der Waals surface area contributed by atoms with Crippen LogP contribution < -0.4 is 8.92 Å². The number of halogens is 3. The maximum atomic E-state index is 13.6. The van der Waals surface area contributed by atoms with Crippen molar-refractivity contribution in [3.05, 3.63) is 90.0 Å². The smallest absolute Gasteiger partial charge is 0.462 e. The lowest BCUT2D eigenvalue weighted by Crippen LogP contribution is -2.40. The predicted octanol–water partition coefficient (Wildman–Crippen LogP) is 5.55. The molecule has 0 aliphatic heterocycles. The van der Waals surface area contributed by atoms with Crippen molar-refractivity contribution < 1.29 is 48.5 Å². The third kappa shape index (κ3) is 8.68. The minimum absolute atomic E-state index is 0.0416. The number of nitrogens with zero attached hydrogens (tertiary/aromatic N) is 1. The summed E-state index contributed by atoms with van der Waals surface area (Å²) < 4.78 is 107. The molecule has 0 saturated carbocycles. The van der Waals surface area contributed by atoms with Gasteiger partial charge in [0.05, 0.1) is 17.9 Å². The van der Waals surface area contributed by atoms with Crippen molar-refractivity contribution in [1.29, 1.82) is 0 Å². The lowest BCUT2D eigenvalue weighted by atomic mass is 10.1. The van der Waals surface area contributed by atoms with Crippen molar-refractivity contribution in [3.8, 4) is 17.2 Å². The molecule has 41 heavy (non-hydrogen) atoms. The maximum Gasteiger partial charge on any atom is 0.534 e. The monoisotopic (exact) mass is 615 g/mol. The van der Waals surface area contributed by atoms with Gasteiger partial charge < -0.3 is 13.7 Å². The fraction of sp³-hybridized carbons (Fsp3) is 0.296. The number of hydrogen-bond acceptors (Lipinski definition) is 8. The molecule has 0 aliphatic carbocycles. The van der Waals surface area contributed by atoms with Crippen molar-refractivity contribution in [2.75, 3.05) is 6.54 Å². The first-order valence-corrected chi connectivity index (χ1v) is 15.2. The van der Waals surface area contributed by atoms with E-state index in [4.69, 9.17) is 9.47 Å². The van der Waals surface area contributed by atoms with E-state index in [1.807, 2.05) is 0 Å². The maximum absolute atomic E-state index is 13.6. The first-order chi connectivity index (χ1) is 19.1. The van der Waals surface area contributed by atoms with Crippen LogP contribution in [-0.2, 0) is 35.4 Å². The van der Waals surface area contributed by atoms with Gasteiger partial charge in [-0.25, -0.2) is 8.42 Å². The molecule has 0 spiro atoms. The Labute approximate surface area is 236 Å². The van der Waals surface area contributed by atoms with E-state index >= 15 is 0 Å². The van der Waals surface area contributed by atoms with Gasteiger partial charge in [0.25, 0.3) is 0 Å². The number of alkyl halides is 3. The Hall–Kier alpha value is -3.62. The van der Waals surface area contributed by atoms with Gasteiger partial charge in [0, 0.05) is 5.56 Å². The van der Waals surface area contributed by atoms with Crippen LogP contribution in [0, 0.1) is 0 Å². The Balaban J connectivity index is 2.12. The molecule has 0 aromatic heterocycles. The summed E-state index contributed by atoms with van der Waals surface area (Å²) in [4.78, 5) is 12.6. The van der Waals surface area contributed by atoms with Crippen molar-refractivity contribution in [2.24, 2.45) is 0 Å². The van der Waals surface area contributed by atoms with Crippen LogP contribution in [0.2, 0.25) is 0 Å². The third-order valence-corrected chi connectivity index (χ3v) is 8.35. The van der Waals surface area contributed by atoms with E-state index in [0.29, 0.717) is 11.3 Å². The number of sulfonamides is 1. The van der Waals surface area contributed by atoms with Crippen molar-refractivity contribution in [3.63, 3.8) is 0 Å². The average molecular weight is 616 g/mol. The number of rotatable bonds is 12. The molecule has 0 aliphatic rings. The van der Waals surface area contributed by atoms with Gasteiger partial charge in [-0.2, -0.15) is 25.9 Å². The number of benzene rings is 3. The summed E-state index contributed by atoms with van der Waals surface area (Å²) in [6.07, 6.45) is -0.588. The number of esters is 1. The third-order valence-electron chi connectivity index (χ3n) is 5.53. The fourth-order valence-corrected chi connectivity index (χ4v) is 5.87. The summed E-state index contributed by atoms with van der Waals surface area (Å²) in [5.41, 5.74) is -5.69. The normalized spacial score (nSPS) is 13.2. The Morgan fingerprint density at radius 2 is 1.44 bits per heavy atom. The highest BCUT2D eigenvalue weighted by molar-refractivity contribution is 7.88. The van der Waals surface area contributed by atoms with Crippen LogP contribution in [0.1, 0.15) is 37.9 Å². The molecule has 9 nitrogen and oxygen atoms in total. The Morgan fingerprint density at radius 1 is 0.854 bits per heavy atom. The molecule has 222 valence electrons. The summed E-state index contributed by atoms with van der Waals surface area (Å²) in [6.45, 7) is 3.58. The van der Waals surface area contributed by atoms with Gasteiger partial charge in [0.15, 0.2) is 0 Å². The van der Waals surface area contributed by atoms with Crippen molar-refractivity contribution in [1.82, 2.24) is 4.31 Å². The zero-order valence-corrected chi connectivity index (χ0v) is 23.9. The molecule has 3 aromatic rings. The average Bonchev–Trinajstić information content (AvgIpc) is 2.87. The highest BCUT2D eigenvalue weighted by atomic mass is 32.2. The first kappa shape index (κ1) is 31.9. The van der Waals surface area contributed by atoms with E-state index in [0.717, 1.165) is 16.4 Å². The minimum Gasteiger partial charge on any atom is -0.462 e. The van der Waals surface area contributed by atoms with Gasteiger partial charge in [-0.15, -0.1) is 0 Å². The highest BCUT2D eigenvalue weighted by Gasteiger charge is 2.49. The van der Waals surface area contributed by atoms with Gasteiger partial charge in [-0.1, -0.05) is 48.5 Å². The van der Waals surface area contributed by atoms with Crippen molar-refractivity contribution >= 4 is 26.1 Å². The van der Waals surface area contributed by atoms with Crippen LogP contribution >= 0.6 is 0 Å². The molecule has 1 unspecified atom stereocenters.